The zero-order valence-electron chi connectivity index (χ0n) is 16.7. The summed E-state index contributed by atoms with van der Waals surface area (Å²) in [5.41, 5.74) is -10.7. The summed E-state index contributed by atoms with van der Waals surface area (Å²) in [4.78, 5) is 2.37. The number of nitriles is 1. The minimum atomic E-state index is -5.47. The molecule has 17 heteroatoms. The maximum Gasteiger partial charge on any atom is 0.433 e. The fraction of sp³-hybridized carbons (Fsp3) is 0.368. The van der Waals surface area contributed by atoms with Crippen LogP contribution < -0.4 is 0 Å². The normalized spacial score (nSPS) is 15.5. The predicted octanol–water partition coefficient (Wildman–Crippen LogP) is 6.06. The molecule has 3 atom stereocenters. The molecule has 0 saturated carbocycles. The molecule has 0 amide bonds. The maximum atomic E-state index is 13.0. The Morgan fingerprint density at radius 1 is 0.611 bits per heavy atom. The van der Waals surface area contributed by atoms with Gasteiger partial charge >= 0.3 is 24.7 Å². The van der Waals surface area contributed by atoms with Gasteiger partial charge in [0, 0.05) is 17.1 Å². The third-order valence-corrected chi connectivity index (χ3v) is 4.55. The van der Waals surface area contributed by atoms with E-state index in [0.717, 1.165) is 6.07 Å². The number of nitrogens with zero attached hydrogens (tertiary/aromatic N) is 2. The van der Waals surface area contributed by atoms with Crippen molar-refractivity contribution in [3.63, 3.8) is 0 Å². The third-order valence-electron chi connectivity index (χ3n) is 4.55. The minimum absolute atomic E-state index is 0. The molecule has 2 rings (SSSR count). The molecule has 36 heavy (non-hydrogen) atoms. The average Bonchev–Trinajstić information content (AvgIpc) is 2.70. The second-order valence-electron chi connectivity index (χ2n) is 7.05. The molecule has 4 nitrogen and oxygen atoms in total. The van der Waals surface area contributed by atoms with E-state index in [1.54, 1.807) is 0 Å². The van der Waals surface area contributed by atoms with Crippen LogP contribution in [0.25, 0.3) is 0 Å². The van der Waals surface area contributed by atoms with Gasteiger partial charge in [-0.05, 0) is 41.5 Å². The minimum Gasteiger partial charge on any atom is -0.387 e. The number of aliphatic hydroxyl groups is 2. The first-order valence-electron chi connectivity index (χ1n) is 8.87. The summed E-state index contributed by atoms with van der Waals surface area (Å²) in [5.74, 6) is -2.50. The van der Waals surface area contributed by atoms with E-state index in [-0.39, 0.29) is 47.4 Å². The summed E-state index contributed by atoms with van der Waals surface area (Å²) < 4.78 is 156. The van der Waals surface area contributed by atoms with Crippen molar-refractivity contribution < 1.29 is 80.0 Å². The summed E-state index contributed by atoms with van der Waals surface area (Å²) in [6.45, 7) is 0. The topological polar surface area (TPSA) is 77.1 Å². The molecule has 1 aromatic carbocycles. The number of hydrogen-bond donors (Lipinski definition) is 2. The molecule has 0 saturated heterocycles. The van der Waals surface area contributed by atoms with Crippen molar-refractivity contribution in [3.8, 4) is 6.07 Å². The van der Waals surface area contributed by atoms with Gasteiger partial charge in [0.05, 0.1) is 29.4 Å². The van der Waals surface area contributed by atoms with Gasteiger partial charge < -0.3 is 10.2 Å². The smallest absolute Gasteiger partial charge is 0.387 e. The van der Waals surface area contributed by atoms with Crippen LogP contribution in [0.5, 0.6) is 0 Å². The standard InChI is InChI=1S/C19H10F12N2O2.Cu/c20-16(21,22)9-1-7(2-10(5-9)17(23,24)25)14(34)11(6-32)15(35)8-3-12(18(26,27)28)33-13(4-8)19(29,30)31;/h1-5,11,14-15,34-35H;. The molecule has 2 aromatic rings. The van der Waals surface area contributed by atoms with Crippen LogP contribution in [0.15, 0.2) is 30.3 Å². The van der Waals surface area contributed by atoms with E-state index in [1.165, 1.54) is 0 Å². The second kappa shape index (κ2) is 10.4. The van der Waals surface area contributed by atoms with Crippen LogP contribution in [-0.2, 0) is 41.8 Å². The average molecular weight is 590 g/mol. The van der Waals surface area contributed by atoms with E-state index in [1.807, 2.05) is 0 Å². The van der Waals surface area contributed by atoms with E-state index < -0.39 is 76.5 Å². The van der Waals surface area contributed by atoms with Gasteiger partial charge in [0.1, 0.15) is 17.3 Å². The SMILES string of the molecule is N#CC(C(O)c1cc(C(F)(F)F)cc(C(F)(F)F)c1)C(O)c1cc(C(F)(F)F)nc(C(F)(F)F)c1.[Cu]. The molecule has 1 aromatic heterocycles. The van der Waals surface area contributed by atoms with E-state index >= 15 is 0 Å². The quantitative estimate of drug-likeness (QED) is 0.336. The van der Waals surface area contributed by atoms with Gasteiger partial charge in [0.2, 0.25) is 0 Å². The van der Waals surface area contributed by atoms with Crippen molar-refractivity contribution in [1.82, 2.24) is 4.98 Å². The van der Waals surface area contributed by atoms with E-state index in [0.29, 0.717) is 0 Å². The third kappa shape index (κ3) is 7.25. The van der Waals surface area contributed by atoms with Crippen LogP contribution in [0.3, 0.4) is 0 Å². The fourth-order valence-electron chi connectivity index (χ4n) is 2.89. The Kier molecular flexibility index (Phi) is 9.14. The van der Waals surface area contributed by atoms with Gasteiger partial charge in [0.15, 0.2) is 0 Å². The molecule has 1 radical (unpaired) electrons. The number of benzene rings is 1. The summed E-state index contributed by atoms with van der Waals surface area (Å²) in [6, 6.07) is 0.539. The number of alkyl halides is 12. The molecule has 0 spiro atoms. The molecule has 0 aliphatic carbocycles. The molecule has 1 heterocycles. The summed E-state index contributed by atoms with van der Waals surface area (Å²) in [5, 5.41) is 29.8. The van der Waals surface area contributed by atoms with Gasteiger partial charge in [-0.15, -0.1) is 0 Å². The first kappa shape index (κ1) is 31.5. The first-order valence-corrected chi connectivity index (χ1v) is 8.87. The van der Waals surface area contributed by atoms with Gasteiger partial charge in [-0.1, -0.05) is 0 Å². The molecule has 0 aliphatic rings. The van der Waals surface area contributed by atoms with Crippen LogP contribution in [0.2, 0.25) is 0 Å². The van der Waals surface area contributed by atoms with Crippen LogP contribution >= 0.6 is 0 Å². The molecule has 0 fully saturated rings. The van der Waals surface area contributed by atoms with Gasteiger partial charge in [-0.2, -0.15) is 57.9 Å². The number of pyridine rings is 1. The van der Waals surface area contributed by atoms with Gasteiger partial charge in [-0.25, -0.2) is 4.98 Å². The zero-order chi connectivity index (χ0) is 27.1. The first-order chi connectivity index (χ1) is 15.7. The molecule has 0 aliphatic heterocycles. The summed E-state index contributed by atoms with van der Waals surface area (Å²) in [7, 11) is 0. The number of halogens is 12. The summed E-state index contributed by atoms with van der Waals surface area (Å²) in [6.07, 6.45) is -27.1. The molecular weight excluding hydrogens is 580 g/mol. The van der Waals surface area contributed by atoms with E-state index in [2.05, 4.69) is 4.98 Å². The summed E-state index contributed by atoms with van der Waals surface area (Å²) >= 11 is 0. The monoisotopic (exact) mass is 589 g/mol. The van der Waals surface area contributed by atoms with Crippen molar-refractivity contribution >= 4 is 0 Å². The van der Waals surface area contributed by atoms with Crippen LogP contribution in [0.4, 0.5) is 52.7 Å². The Hall–Kier alpha value is -2.54. The van der Waals surface area contributed by atoms with Crippen molar-refractivity contribution in [2.24, 2.45) is 5.92 Å². The number of rotatable bonds is 4. The Balaban J connectivity index is 0.00000648. The Morgan fingerprint density at radius 2 is 0.944 bits per heavy atom. The van der Waals surface area contributed by atoms with Gasteiger partial charge in [-0.3, -0.25) is 0 Å². The number of aromatic nitrogens is 1. The Morgan fingerprint density at radius 3 is 1.22 bits per heavy atom. The maximum absolute atomic E-state index is 13.0. The van der Waals surface area contributed by atoms with Crippen molar-refractivity contribution in [1.29, 1.82) is 5.26 Å². The van der Waals surface area contributed by atoms with Crippen molar-refractivity contribution in [2.75, 3.05) is 0 Å². The molecule has 2 N–H and O–H groups in total. The van der Waals surface area contributed by atoms with Crippen LogP contribution in [-0.4, -0.2) is 15.2 Å². The predicted molar refractivity (Wildman–Crippen MR) is 89.7 cm³/mol. The van der Waals surface area contributed by atoms with Crippen molar-refractivity contribution in [3.05, 3.63) is 64.0 Å². The second-order valence-corrected chi connectivity index (χ2v) is 7.05. The molecule has 3 unspecified atom stereocenters. The Labute approximate surface area is 203 Å². The molecule has 0 bridgehead atoms. The zero-order valence-corrected chi connectivity index (χ0v) is 17.7. The molecule has 203 valence electrons. The van der Waals surface area contributed by atoms with Crippen molar-refractivity contribution in [2.45, 2.75) is 36.9 Å². The molecular formula is C19H10CuF12N2O2. The number of aliphatic hydroxyl groups excluding tert-OH is 2. The van der Waals surface area contributed by atoms with Crippen LogP contribution in [0.1, 0.15) is 45.8 Å². The van der Waals surface area contributed by atoms with Crippen LogP contribution in [0, 0.1) is 17.2 Å². The van der Waals surface area contributed by atoms with E-state index in [4.69, 9.17) is 0 Å². The Bertz CT molecular complexity index is 974. The fourth-order valence-corrected chi connectivity index (χ4v) is 2.89. The van der Waals surface area contributed by atoms with E-state index in [9.17, 15) is 68.2 Å². The number of hydrogen-bond acceptors (Lipinski definition) is 4. The largest absolute Gasteiger partial charge is 0.433 e. The van der Waals surface area contributed by atoms with Gasteiger partial charge in [0.25, 0.3) is 0 Å².